The first-order chi connectivity index (χ1) is 19.2. The molecule has 0 fully saturated rings. The summed E-state index contributed by atoms with van der Waals surface area (Å²) in [6, 6.07) is 0. The minimum Gasteiger partial charge on any atom is -0.475 e. The van der Waals surface area contributed by atoms with Crippen LogP contribution >= 0.6 is 9.24 Å². The molecule has 0 spiro atoms. The standard InChI is InChI=1S/C32H67P.C2HF3O2.H3N/c1-4-7-10-22-27-32(28-23-11-8-5-2,29-24-12-9-6-3)30-25-20-18-16-14-13-15-17-19-21-26-31-33;3-2(4,5)1(6)7;/h4-31,33H2,1-3H3;(H,6,7);1H3. The van der Waals surface area contributed by atoms with Crippen LogP contribution in [0.3, 0.4) is 0 Å². The zero-order valence-corrected chi connectivity index (χ0v) is 28.7. The monoisotopic (exact) mass is 614 g/mol. The molecule has 3 nitrogen and oxygen atoms in total. The highest BCUT2D eigenvalue weighted by Crippen LogP contribution is 2.42. The Bertz CT molecular complexity index is 501. The van der Waals surface area contributed by atoms with Gasteiger partial charge in [0, 0.05) is 0 Å². The summed E-state index contributed by atoms with van der Waals surface area (Å²) < 4.78 is 31.7. The van der Waals surface area contributed by atoms with Crippen LogP contribution in [0.25, 0.3) is 0 Å². The van der Waals surface area contributed by atoms with Crippen molar-refractivity contribution in [1.29, 1.82) is 0 Å². The molecule has 250 valence electrons. The maximum absolute atomic E-state index is 10.6. The molecule has 0 saturated carbocycles. The molecular formula is C34H71F3NO2P. The fourth-order valence-corrected chi connectivity index (χ4v) is 6.05. The Hall–Kier alpha value is -0.350. The lowest BCUT2D eigenvalue weighted by Gasteiger charge is -2.35. The van der Waals surface area contributed by atoms with Gasteiger partial charge in [-0.15, -0.1) is 9.24 Å². The molecule has 0 rings (SSSR count). The number of halogens is 3. The molecule has 1 atom stereocenters. The third kappa shape index (κ3) is 32.4. The molecule has 0 aliphatic carbocycles. The Morgan fingerprint density at radius 1 is 0.512 bits per heavy atom. The van der Waals surface area contributed by atoms with E-state index in [9.17, 15) is 13.2 Å². The summed E-state index contributed by atoms with van der Waals surface area (Å²) >= 11 is 0. The number of carboxylic acids is 1. The van der Waals surface area contributed by atoms with Crippen LogP contribution < -0.4 is 6.15 Å². The van der Waals surface area contributed by atoms with Crippen molar-refractivity contribution in [3.05, 3.63) is 0 Å². The summed E-state index contributed by atoms with van der Waals surface area (Å²) in [5.74, 6) is -2.76. The molecule has 0 amide bonds. The van der Waals surface area contributed by atoms with Gasteiger partial charge in [0.1, 0.15) is 0 Å². The van der Waals surface area contributed by atoms with Gasteiger partial charge in [0.25, 0.3) is 0 Å². The number of aliphatic carboxylic acids is 1. The van der Waals surface area contributed by atoms with Crippen LogP contribution in [0.15, 0.2) is 0 Å². The van der Waals surface area contributed by atoms with Crippen LogP contribution in [-0.4, -0.2) is 23.4 Å². The molecule has 0 heterocycles. The fraction of sp³-hybridized carbons (Fsp3) is 0.971. The van der Waals surface area contributed by atoms with E-state index < -0.39 is 12.1 Å². The second-order valence-corrected chi connectivity index (χ2v) is 12.7. The van der Waals surface area contributed by atoms with Gasteiger partial charge in [-0.1, -0.05) is 162 Å². The number of unbranched alkanes of at least 4 members (excludes halogenated alkanes) is 19. The van der Waals surface area contributed by atoms with Crippen molar-refractivity contribution in [3.8, 4) is 0 Å². The molecule has 0 aromatic rings. The van der Waals surface area contributed by atoms with Crippen molar-refractivity contribution in [2.75, 3.05) is 6.16 Å². The van der Waals surface area contributed by atoms with Gasteiger partial charge in [0.2, 0.25) is 0 Å². The normalized spacial score (nSPS) is 11.6. The van der Waals surface area contributed by atoms with E-state index in [1.165, 1.54) is 180 Å². The van der Waals surface area contributed by atoms with E-state index in [2.05, 4.69) is 30.0 Å². The van der Waals surface area contributed by atoms with Gasteiger partial charge in [0.05, 0.1) is 0 Å². The van der Waals surface area contributed by atoms with Gasteiger partial charge in [-0.25, -0.2) is 4.79 Å². The number of hydrogen-bond acceptors (Lipinski definition) is 2. The lowest BCUT2D eigenvalue weighted by molar-refractivity contribution is -0.192. The Morgan fingerprint density at radius 2 is 0.732 bits per heavy atom. The van der Waals surface area contributed by atoms with Gasteiger partial charge in [-0.2, -0.15) is 13.2 Å². The van der Waals surface area contributed by atoms with E-state index in [1.807, 2.05) is 0 Å². The molecule has 7 heteroatoms. The molecule has 0 aromatic carbocycles. The topological polar surface area (TPSA) is 72.3 Å². The average molecular weight is 614 g/mol. The van der Waals surface area contributed by atoms with Gasteiger partial charge >= 0.3 is 12.1 Å². The first-order valence-corrected chi connectivity index (χ1v) is 18.0. The minimum absolute atomic E-state index is 0. The Labute approximate surface area is 256 Å². The van der Waals surface area contributed by atoms with Crippen LogP contribution in [0.1, 0.15) is 194 Å². The number of rotatable bonds is 28. The van der Waals surface area contributed by atoms with Crippen molar-refractivity contribution in [2.45, 2.75) is 200 Å². The van der Waals surface area contributed by atoms with Crippen LogP contribution in [0.4, 0.5) is 13.2 Å². The second kappa shape index (κ2) is 32.6. The Kier molecular flexibility index (Phi) is 35.8. The largest absolute Gasteiger partial charge is 0.490 e. The van der Waals surface area contributed by atoms with E-state index in [4.69, 9.17) is 9.90 Å². The van der Waals surface area contributed by atoms with Gasteiger partial charge in [-0.05, 0) is 43.7 Å². The molecule has 4 N–H and O–H groups in total. The summed E-state index contributed by atoms with van der Waals surface area (Å²) in [6.45, 7) is 7.07. The second-order valence-electron chi connectivity index (χ2n) is 12.2. The van der Waals surface area contributed by atoms with Crippen LogP contribution in [0.5, 0.6) is 0 Å². The highest BCUT2D eigenvalue weighted by atomic mass is 31.0. The van der Waals surface area contributed by atoms with E-state index in [-0.39, 0.29) is 6.15 Å². The average Bonchev–Trinajstić information content (AvgIpc) is 2.92. The molecule has 1 unspecified atom stereocenters. The smallest absolute Gasteiger partial charge is 0.475 e. The first kappa shape index (κ1) is 45.1. The number of carbonyl (C=O) groups is 1. The van der Waals surface area contributed by atoms with Gasteiger partial charge in [-0.3, -0.25) is 0 Å². The molecule has 0 saturated heterocycles. The summed E-state index contributed by atoms with van der Waals surface area (Å²) in [6.07, 6.45) is 35.9. The lowest BCUT2D eigenvalue weighted by atomic mass is 9.70. The van der Waals surface area contributed by atoms with E-state index in [0.717, 1.165) is 0 Å². The van der Waals surface area contributed by atoms with Gasteiger partial charge < -0.3 is 11.3 Å². The van der Waals surface area contributed by atoms with E-state index in [1.54, 1.807) is 0 Å². The number of hydrogen-bond donors (Lipinski definition) is 2. The van der Waals surface area contributed by atoms with Crippen molar-refractivity contribution in [3.63, 3.8) is 0 Å². The third-order valence-electron chi connectivity index (χ3n) is 8.34. The predicted molar refractivity (Wildman–Crippen MR) is 177 cm³/mol. The summed E-state index contributed by atoms with van der Waals surface area (Å²) in [4.78, 5) is 8.90. The molecule has 0 aromatic heterocycles. The maximum atomic E-state index is 10.6. The molecule has 0 aliphatic rings. The van der Waals surface area contributed by atoms with Crippen LogP contribution in [-0.2, 0) is 4.79 Å². The van der Waals surface area contributed by atoms with Crippen LogP contribution in [0, 0.1) is 5.41 Å². The quantitative estimate of drug-likeness (QED) is 0.0681. The van der Waals surface area contributed by atoms with E-state index in [0.29, 0.717) is 5.41 Å². The number of carboxylic acid groups (broad SMARTS) is 1. The summed E-state index contributed by atoms with van der Waals surface area (Å²) in [5.41, 5.74) is 0.687. The molecule has 0 aliphatic heterocycles. The zero-order chi connectivity index (χ0) is 30.4. The highest BCUT2D eigenvalue weighted by Gasteiger charge is 2.38. The van der Waals surface area contributed by atoms with Crippen molar-refractivity contribution in [1.82, 2.24) is 6.15 Å². The van der Waals surface area contributed by atoms with Gasteiger partial charge in [0.15, 0.2) is 0 Å². The van der Waals surface area contributed by atoms with Crippen molar-refractivity contribution in [2.24, 2.45) is 5.41 Å². The lowest BCUT2D eigenvalue weighted by Crippen LogP contribution is -2.21. The first-order valence-electron chi connectivity index (χ1n) is 17.2. The highest BCUT2D eigenvalue weighted by molar-refractivity contribution is 7.16. The molecule has 0 bridgehead atoms. The number of alkyl halides is 3. The SMILES string of the molecule is CCCCCCC(CCCCCC)(CCCCCC)CCCCCCCCCCCCCP.N.O=C(O)C(F)(F)F. The van der Waals surface area contributed by atoms with Crippen molar-refractivity contribution >= 4 is 15.2 Å². The maximum Gasteiger partial charge on any atom is 0.490 e. The molecule has 41 heavy (non-hydrogen) atoms. The summed E-state index contributed by atoms with van der Waals surface area (Å²) in [5, 5.41) is 7.12. The third-order valence-corrected chi connectivity index (χ3v) is 8.74. The Morgan fingerprint density at radius 3 is 0.951 bits per heavy atom. The van der Waals surface area contributed by atoms with Crippen molar-refractivity contribution < 1.29 is 23.1 Å². The van der Waals surface area contributed by atoms with E-state index >= 15 is 0 Å². The molecule has 0 radical (unpaired) electrons. The fourth-order valence-electron chi connectivity index (χ4n) is 5.77. The molecular weight excluding hydrogens is 542 g/mol. The zero-order valence-electron chi connectivity index (χ0n) is 27.6. The minimum atomic E-state index is -5.08. The Balaban J connectivity index is -0.00000159. The predicted octanol–water partition coefficient (Wildman–Crippen LogP) is 13.2. The van der Waals surface area contributed by atoms with Crippen LogP contribution in [0.2, 0.25) is 0 Å². The summed E-state index contributed by atoms with van der Waals surface area (Å²) in [7, 11) is 2.86.